The lowest BCUT2D eigenvalue weighted by atomic mass is 10.1. The molecule has 1 aromatic heterocycles. The molecule has 0 amide bonds. The van der Waals surface area contributed by atoms with E-state index < -0.39 is 0 Å². The highest BCUT2D eigenvalue weighted by molar-refractivity contribution is 5.21. The van der Waals surface area contributed by atoms with Gasteiger partial charge in [-0.15, -0.1) is 10.2 Å². The Hall–Kier alpha value is -1.72. The largest absolute Gasteiger partial charge is 0.421 e. The molecule has 1 N–H and O–H groups in total. The standard InChI is InChI=1S/C12H15N3O2/c1-13-8-10-14-15-12(17-10)11(16-2)9-6-4-3-5-7-9/h3-7,11,13H,8H2,1-2H3. The third-order valence-electron chi connectivity index (χ3n) is 2.37. The molecule has 2 aromatic rings. The zero-order chi connectivity index (χ0) is 12.1. The van der Waals surface area contributed by atoms with Crippen LogP contribution in [0.25, 0.3) is 0 Å². The second-order valence-electron chi connectivity index (χ2n) is 3.59. The first-order chi connectivity index (χ1) is 8.35. The van der Waals surface area contributed by atoms with E-state index in [9.17, 15) is 0 Å². The van der Waals surface area contributed by atoms with Crippen molar-refractivity contribution < 1.29 is 9.15 Å². The molecule has 0 saturated carbocycles. The third-order valence-corrected chi connectivity index (χ3v) is 2.37. The summed E-state index contributed by atoms with van der Waals surface area (Å²) in [4.78, 5) is 0. The summed E-state index contributed by atoms with van der Waals surface area (Å²) in [6.07, 6.45) is -0.311. The van der Waals surface area contributed by atoms with Crippen LogP contribution in [-0.2, 0) is 11.3 Å². The Kier molecular flexibility index (Phi) is 3.85. The van der Waals surface area contributed by atoms with Gasteiger partial charge in [0.05, 0.1) is 6.54 Å². The van der Waals surface area contributed by atoms with Crippen molar-refractivity contribution >= 4 is 0 Å². The minimum Gasteiger partial charge on any atom is -0.421 e. The minimum absolute atomic E-state index is 0.311. The smallest absolute Gasteiger partial charge is 0.249 e. The second-order valence-corrected chi connectivity index (χ2v) is 3.59. The Bertz CT molecular complexity index is 456. The Morgan fingerprint density at radius 2 is 2.06 bits per heavy atom. The molecule has 0 radical (unpaired) electrons. The highest BCUT2D eigenvalue weighted by Crippen LogP contribution is 2.23. The molecule has 17 heavy (non-hydrogen) atoms. The van der Waals surface area contributed by atoms with Crippen LogP contribution in [0.15, 0.2) is 34.7 Å². The molecule has 90 valence electrons. The van der Waals surface area contributed by atoms with E-state index in [0.717, 1.165) is 5.56 Å². The first-order valence-corrected chi connectivity index (χ1v) is 5.39. The number of rotatable bonds is 5. The van der Waals surface area contributed by atoms with Crippen LogP contribution in [0, 0.1) is 0 Å². The summed E-state index contributed by atoms with van der Waals surface area (Å²) in [6, 6.07) is 9.79. The summed E-state index contributed by atoms with van der Waals surface area (Å²) in [6.45, 7) is 0.554. The molecule has 1 unspecified atom stereocenters. The van der Waals surface area contributed by atoms with Gasteiger partial charge in [0.25, 0.3) is 0 Å². The van der Waals surface area contributed by atoms with Crippen molar-refractivity contribution in [3.8, 4) is 0 Å². The van der Waals surface area contributed by atoms with Gasteiger partial charge in [0, 0.05) is 7.11 Å². The first kappa shape index (κ1) is 11.8. The van der Waals surface area contributed by atoms with Crippen LogP contribution in [0.2, 0.25) is 0 Å². The molecular weight excluding hydrogens is 218 g/mol. The Balaban J connectivity index is 2.23. The Labute approximate surface area is 99.8 Å². The first-order valence-electron chi connectivity index (χ1n) is 5.39. The molecule has 5 nitrogen and oxygen atoms in total. The van der Waals surface area contributed by atoms with E-state index in [0.29, 0.717) is 18.3 Å². The Morgan fingerprint density at radius 3 is 2.71 bits per heavy atom. The predicted molar refractivity (Wildman–Crippen MR) is 62.4 cm³/mol. The average molecular weight is 233 g/mol. The van der Waals surface area contributed by atoms with E-state index in [4.69, 9.17) is 9.15 Å². The van der Waals surface area contributed by atoms with Crippen molar-refractivity contribution in [2.45, 2.75) is 12.6 Å². The molecule has 5 heteroatoms. The van der Waals surface area contributed by atoms with Crippen molar-refractivity contribution in [3.05, 3.63) is 47.7 Å². The summed E-state index contributed by atoms with van der Waals surface area (Å²) >= 11 is 0. The number of benzene rings is 1. The fourth-order valence-corrected chi connectivity index (χ4v) is 1.60. The summed E-state index contributed by atoms with van der Waals surface area (Å²) in [5.41, 5.74) is 0.995. The quantitative estimate of drug-likeness (QED) is 0.848. The molecule has 0 aliphatic heterocycles. The van der Waals surface area contributed by atoms with Gasteiger partial charge in [-0.05, 0) is 12.6 Å². The molecule has 1 heterocycles. The highest BCUT2D eigenvalue weighted by atomic mass is 16.5. The van der Waals surface area contributed by atoms with Crippen molar-refractivity contribution in [2.75, 3.05) is 14.2 Å². The van der Waals surface area contributed by atoms with E-state index >= 15 is 0 Å². The zero-order valence-electron chi connectivity index (χ0n) is 9.88. The molecule has 2 rings (SSSR count). The lowest BCUT2D eigenvalue weighted by molar-refractivity contribution is 0.110. The van der Waals surface area contributed by atoms with E-state index in [-0.39, 0.29) is 6.10 Å². The number of ether oxygens (including phenoxy) is 1. The summed E-state index contributed by atoms with van der Waals surface area (Å²) < 4.78 is 10.9. The number of hydrogen-bond donors (Lipinski definition) is 1. The zero-order valence-corrected chi connectivity index (χ0v) is 9.88. The topological polar surface area (TPSA) is 60.2 Å². The summed E-state index contributed by atoms with van der Waals surface area (Å²) in [5.74, 6) is 1.03. The number of nitrogens with one attached hydrogen (secondary N) is 1. The van der Waals surface area contributed by atoms with Gasteiger partial charge >= 0.3 is 0 Å². The van der Waals surface area contributed by atoms with Crippen LogP contribution >= 0.6 is 0 Å². The van der Waals surface area contributed by atoms with Gasteiger partial charge in [-0.3, -0.25) is 0 Å². The average Bonchev–Trinajstić information content (AvgIpc) is 2.81. The molecule has 0 saturated heterocycles. The minimum atomic E-state index is -0.311. The van der Waals surface area contributed by atoms with E-state index in [1.165, 1.54) is 0 Å². The van der Waals surface area contributed by atoms with Gasteiger partial charge in [0.15, 0.2) is 6.10 Å². The number of nitrogens with zero attached hydrogens (tertiary/aromatic N) is 2. The lowest BCUT2D eigenvalue weighted by Gasteiger charge is -2.10. The maximum absolute atomic E-state index is 5.52. The number of methoxy groups -OCH3 is 1. The van der Waals surface area contributed by atoms with Gasteiger partial charge in [-0.2, -0.15) is 0 Å². The normalized spacial score (nSPS) is 12.6. The highest BCUT2D eigenvalue weighted by Gasteiger charge is 2.19. The van der Waals surface area contributed by atoms with Gasteiger partial charge in [0.1, 0.15) is 0 Å². The van der Waals surface area contributed by atoms with Crippen LogP contribution in [-0.4, -0.2) is 24.4 Å². The van der Waals surface area contributed by atoms with Crippen LogP contribution < -0.4 is 5.32 Å². The molecule has 0 aliphatic carbocycles. The van der Waals surface area contributed by atoms with E-state index in [2.05, 4.69) is 15.5 Å². The van der Waals surface area contributed by atoms with Crippen LogP contribution in [0.4, 0.5) is 0 Å². The molecule has 0 aliphatic rings. The van der Waals surface area contributed by atoms with Gasteiger partial charge in [-0.25, -0.2) is 0 Å². The molecule has 0 bridgehead atoms. The maximum atomic E-state index is 5.52. The van der Waals surface area contributed by atoms with Crippen molar-refractivity contribution in [1.82, 2.24) is 15.5 Å². The molecule has 0 fully saturated rings. The fraction of sp³-hybridized carbons (Fsp3) is 0.333. The van der Waals surface area contributed by atoms with Crippen molar-refractivity contribution in [1.29, 1.82) is 0 Å². The van der Waals surface area contributed by atoms with E-state index in [1.807, 2.05) is 37.4 Å². The Morgan fingerprint density at radius 1 is 1.29 bits per heavy atom. The van der Waals surface area contributed by atoms with Gasteiger partial charge < -0.3 is 14.5 Å². The predicted octanol–water partition coefficient (Wildman–Crippen LogP) is 1.52. The fourth-order valence-electron chi connectivity index (χ4n) is 1.60. The van der Waals surface area contributed by atoms with Crippen molar-refractivity contribution in [3.63, 3.8) is 0 Å². The summed E-state index contributed by atoms with van der Waals surface area (Å²) in [5, 5.41) is 10.9. The van der Waals surface area contributed by atoms with Gasteiger partial charge in [-0.1, -0.05) is 30.3 Å². The van der Waals surface area contributed by atoms with Crippen LogP contribution in [0.5, 0.6) is 0 Å². The SMILES string of the molecule is CNCc1nnc(C(OC)c2ccccc2)o1. The number of hydrogen-bond acceptors (Lipinski definition) is 5. The van der Waals surface area contributed by atoms with E-state index in [1.54, 1.807) is 7.11 Å². The second kappa shape index (κ2) is 5.56. The van der Waals surface area contributed by atoms with Gasteiger partial charge in [0.2, 0.25) is 11.8 Å². The molecular formula is C12H15N3O2. The summed E-state index contributed by atoms with van der Waals surface area (Å²) in [7, 11) is 3.45. The monoisotopic (exact) mass is 233 g/mol. The van der Waals surface area contributed by atoms with Crippen LogP contribution in [0.1, 0.15) is 23.4 Å². The maximum Gasteiger partial charge on any atom is 0.249 e. The van der Waals surface area contributed by atoms with Crippen molar-refractivity contribution in [2.24, 2.45) is 0 Å². The molecule has 1 aromatic carbocycles. The molecule has 1 atom stereocenters. The lowest BCUT2D eigenvalue weighted by Crippen LogP contribution is -2.05. The van der Waals surface area contributed by atoms with Crippen LogP contribution in [0.3, 0.4) is 0 Å². The third kappa shape index (κ3) is 2.69. The molecule has 0 spiro atoms. The number of aromatic nitrogens is 2.